The molecule has 2 N–H and O–H groups in total. The molecule has 0 aliphatic heterocycles. The van der Waals surface area contributed by atoms with Crippen LogP contribution in [-0.2, 0) is 9.53 Å². The second-order valence-electron chi connectivity index (χ2n) is 4.12. The average molecular weight is 287 g/mol. The van der Waals surface area contributed by atoms with E-state index < -0.39 is 11.9 Å². The number of carbonyl (C=O) groups is 2. The molecule has 7 nitrogen and oxygen atoms in total. The number of carbonyl (C=O) groups excluding carboxylic acids is 2. The molecule has 2 aromatic heterocycles. The largest absolute Gasteiger partial charge is 0.505 e. The molecule has 2 aromatic rings. The van der Waals surface area contributed by atoms with Gasteiger partial charge in [-0.3, -0.25) is 14.6 Å². The van der Waals surface area contributed by atoms with E-state index in [1.807, 2.05) is 6.07 Å². The smallest absolute Gasteiger partial charge is 0.304 e. The molecule has 0 atom stereocenters. The highest BCUT2D eigenvalue weighted by Gasteiger charge is 2.14. The lowest BCUT2D eigenvalue weighted by Gasteiger charge is -2.07. The van der Waals surface area contributed by atoms with E-state index in [9.17, 15) is 14.7 Å². The molecule has 0 saturated heterocycles. The summed E-state index contributed by atoms with van der Waals surface area (Å²) in [6.45, 7) is 0.949. The maximum absolute atomic E-state index is 11.8. The SMILES string of the molecule is CC(=O)OCNC(=O)c1ncc(-c2cccnc2)cc1O. The van der Waals surface area contributed by atoms with Gasteiger partial charge in [0.2, 0.25) is 0 Å². The van der Waals surface area contributed by atoms with Crippen LogP contribution in [0, 0.1) is 0 Å². The molecule has 21 heavy (non-hydrogen) atoms. The van der Waals surface area contributed by atoms with Crippen molar-refractivity contribution in [3.63, 3.8) is 0 Å². The number of rotatable bonds is 4. The molecule has 2 rings (SSSR count). The van der Waals surface area contributed by atoms with E-state index >= 15 is 0 Å². The number of aromatic hydroxyl groups is 1. The van der Waals surface area contributed by atoms with Crippen molar-refractivity contribution in [2.24, 2.45) is 0 Å². The molecule has 2 heterocycles. The van der Waals surface area contributed by atoms with Gasteiger partial charge in [0.05, 0.1) is 0 Å². The predicted molar refractivity (Wildman–Crippen MR) is 73.2 cm³/mol. The van der Waals surface area contributed by atoms with Crippen molar-refractivity contribution in [3.05, 3.63) is 42.5 Å². The number of nitrogens with one attached hydrogen (secondary N) is 1. The van der Waals surface area contributed by atoms with Crippen LogP contribution in [0.2, 0.25) is 0 Å². The van der Waals surface area contributed by atoms with Gasteiger partial charge in [-0.25, -0.2) is 4.98 Å². The van der Waals surface area contributed by atoms with Crippen LogP contribution in [0.4, 0.5) is 0 Å². The van der Waals surface area contributed by atoms with Crippen molar-refractivity contribution in [1.82, 2.24) is 15.3 Å². The Hall–Kier alpha value is -2.96. The molecule has 108 valence electrons. The van der Waals surface area contributed by atoms with E-state index in [0.717, 1.165) is 5.56 Å². The van der Waals surface area contributed by atoms with Crippen LogP contribution in [0.15, 0.2) is 36.8 Å². The Morgan fingerprint density at radius 2 is 2.14 bits per heavy atom. The number of aromatic nitrogens is 2. The van der Waals surface area contributed by atoms with E-state index in [0.29, 0.717) is 5.56 Å². The lowest BCUT2D eigenvalue weighted by atomic mass is 10.1. The molecule has 0 fully saturated rings. The average Bonchev–Trinajstić information content (AvgIpc) is 2.47. The third-order valence-corrected chi connectivity index (χ3v) is 2.59. The summed E-state index contributed by atoms with van der Waals surface area (Å²) in [5.74, 6) is -1.41. The Bertz CT molecular complexity index is 659. The molecular weight excluding hydrogens is 274 g/mol. The number of hydrogen-bond donors (Lipinski definition) is 2. The van der Waals surface area contributed by atoms with E-state index in [4.69, 9.17) is 0 Å². The van der Waals surface area contributed by atoms with Crippen molar-refractivity contribution >= 4 is 11.9 Å². The minimum absolute atomic E-state index is 0.144. The molecule has 0 aliphatic rings. The molecule has 0 aliphatic carbocycles. The Morgan fingerprint density at radius 1 is 1.33 bits per heavy atom. The minimum Gasteiger partial charge on any atom is -0.505 e. The first-order chi connectivity index (χ1) is 10.1. The van der Waals surface area contributed by atoms with Crippen molar-refractivity contribution < 1.29 is 19.4 Å². The van der Waals surface area contributed by atoms with E-state index in [1.165, 1.54) is 19.2 Å². The normalized spacial score (nSPS) is 9.95. The van der Waals surface area contributed by atoms with Crippen molar-refractivity contribution in [2.45, 2.75) is 6.92 Å². The Morgan fingerprint density at radius 3 is 2.76 bits per heavy atom. The van der Waals surface area contributed by atoms with Crippen LogP contribution in [0.25, 0.3) is 11.1 Å². The van der Waals surface area contributed by atoms with E-state index in [1.54, 1.807) is 18.5 Å². The molecule has 7 heteroatoms. The molecule has 0 radical (unpaired) electrons. The quantitative estimate of drug-likeness (QED) is 0.645. The zero-order chi connectivity index (χ0) is 15.2. The van der Waals surface area contributed by atoms with E-state index in [2.05, 4.69) is 20.0 Å². The molecule has 1 amide bonds. The van der Waals surface area contributed by atoms with Crippen molar-refractivity contribution in [2.75, 3.05) is 6.73 Å². The van der Waals surface area contributed by atoms with Gasteiger partial charge in [-0.2, -0.15) is 0 Å². The summed E-state index contributed by atoms with van der Waals surface area (Å²) in [4.78, 5) is 30.2. The predicted octanol–water partition coefficient (Wildman–Crippen LogP) is 1.10. The van der Waals surface area contributed by atoms with Gasteiger partial charge < -0.3 is 15.2 Å². The third kappa shape index (κ3) is 3.75. The van der Waals surface area contributed by atoms with Gasteiger partial charge in [0.25, 0.3) is 5.91 Å². The van der Waals surface area contributed by atoms with Gasteiger partial charge >= 0.3 is 5.97 Å². The second kappa shape index (κ2) is 6.47. The summed E-state index contributed by atoms with van der Waals surface area (Å²) in [7, 11) is 0. The number of nitrogens with zero attached hydrogens (tertiary/aromatic N) is 2. The Balaban J connectivity index is 2.12. The third-order valence-electron chi connectivity index (χ3n) is 2.59. The zero-order valence-electron chi connectivity index (χ0n) is 11.2. The first-order valence-electron chi connectivity index (χ1n) is 6.09. The van der Waals surface area contributed by atoms with Crippen LogP contribution in [-0.4, -0.2) is 33.7 Å². The van der Waals surface area contributed by atoms with Crippen LogP contribution in [0.1, 0.15) is 17.4 Å². The fraction of sp³-hybridized carbons (Fsp3) is 0.143. The standard InChI is InChI=1S/C14H13N3O4/c1-9(18)21-8-17-14(20)13-12(19)5-11(7-16-13)10-3-2-4-15-6-10/h2-7,19H,8H2,1H3,(H,17,20). The van der Waals surface area contributed by atoms with Gasteiger partial charge in [-0.05, 0) is 12.1 Å². The maximum Gasteiger partial charge on any atom is 0.304 e. The molecule has 0 spiro atoms. The van der Waals surface area contributed by atoms with Gasteiger partial charge in [0.15, 0.2) is 12.4 Å². The van der Waals surface area contributed by atoms with Crippen LogP contribution < -0.4 is 5.32 Å². The number of hydrogen-bond acceptors (Lipinski definition) is 6. The van der Waals surface area contributed by atoms with E-state index in [-0.39, 0.29) is 18.2 Å². The molecular formula is C14H13N3O4. The Kier molecular flexibility index (Phi) is 4.45. The monoisotopic (exact) mass is 287 g/mol. The maximum atomic E-state index is 11.8. The van der Waals surface area contributed by atoms with Crippen LogP contribution in [0.5, 0.6) is 5.75 Å². The first-order valence-corrected chi connectivity index (χ1v) is 6.09. The highest BCUT2D eigenvalue weighted by molar-refractivity contribution is 5.95. The minimum atomic E-state index is -0.633. The molecule has 0 unspecified atom stereocenters. The van der Waals surface area contributed by atoms with Crippen molar-refractivity contribution in [1.29, 1.82) is 0 Å². The highest BCUT2D eigenvalue weighted by Crippen LogP contribution is 2.23. The fourth-order valence-electron chi connectivity index (χ4n) is 1.61. The number of esters is 1. The summed E-state index contributed by atoms with van der Waals surface area (Å²) in [6.07, 6.45) is 4.71. The molecule has 0 aromatic carbocycles. The lowest BCUT2D eigenvalue weighted by molar-refractivity contribution is -0.141. The highest BCUT2D eigenvalue weighted by atomic mass is 16.5. The van der Waals surface area contributed by atoms with Gasteiger partial charge in [0.1, 0.15) is 5.75 Å². The van der Waals surface area contributed by atoms with Gasteiger partial charge in [-0.15, -0.1) is 0 Å². The first kappa shape index (κ1) is 14.4. The lowest BCUT2D eigenvalue weighted by Crippen LogP contribution is -2.27. The van der Waals surface area contributed by atoms with Gasteiger partial charge in [0, 0.05) is 36.6 Å². The number of amides is 1. The van der Waals surface area contributed by atoms with Crippen LogP contribution >= 0.6 is 0 Å². The summed E-state index contributed by atoms with van der Waals surface area (Å²) >= 11 is 0. The summed E-state index contributed by atoms with van der Waals surface area (Å²) in [5.41, 5.74) is 1.26. The Labute approximate surface area is 120 Å². The molecule has 0 saturated carbocycles. The van der Waals surface area contributed by atoms with Crippen molar-refractivity contribution in [3.8, 4) is 16.9 Å². The zero-order valence-corrected chi connectivity index (χ0v) is 11.2. The molecule has 0 bridgehead atoms. The summed E-state index contributed by atoms with van der Waals surface area (Å²) < 4.78 is 4.58. The number of pyridine rings is 2. The summed E-state index contributed by atoms with van der Waals surface area (Å²) in [6, 6.07) is 4.99. The second-order valence-corrected chi connectivity index (χ2v) is 4.12. The van der Waals surface area contributed by atoms with Crippen LogP contribution in [0.3, 0.4) is 0 Å². The summed E-state index contributed by atoms with van der Waals surface area (Å²) in [5, 5.41) is 12.2. The topological polar surface area (TPSA) is 101 Å². The fourth-order valence-corrected chi connectivity index (χ4v) is 1.61. The van der Waals surface area contributed by atoms with Gasteiger partial charge in [-0.1, -0.05) is 6.07 Å². The number of ether oxygens (including phenoxy) is 1.